The van der Waals surface area contributed by atoms with E-state index in [1.165, 1.54) is 6.07 Å². The van der Waals surface area contributed by atoms with Crippen molar-refractivity contribution in [2.24, 2.45) is 0 Å². The van der Waals surface area contributed by atoms with E-state index in [1.54, 1.807) is 26.3 Å². The maximum Gasteiger partial charge on any atom is 0.418 e. The molecule has 2 rings (SSSR count). The Labute approximate surface area is 123 Å². The molecule has 0 spiro atoms. The van der Waals surface area contributed by atoms with Crippen LogP contribution in [-0.2, 0) is 17.5 Å². The van der Waals surface area contributed by atoms with Gasteiger partial charge in [0.2, 0.25) is 0 Å². The van der Waals surface area contributed by atoms with Crippen molar-refractivity contribution < 1.29 is 17.9 Å². The molecule has 1 aromatic carbocycles. The fourth-order valence-corrected chi connectivity index (χ4v) is 2.45. The van der Waals surface area contributed by atoms with Gasteiger partial charge in [-0.05, 0) is 37.6 Å². The van der Waals surface area contributed by atoms with Gasteiger partial charge in [0.25, 0.3) is 0 Å². The monoisotopic (exact) mass is 302 g/mol. The Bertz CT molecular complexity index is 472. The van der Waals surface area contributed by atoms with E-state index in [0.717, 1.165) is 12.8 Å². The topological polar surface area (TPSA) is 24.5 Å². The van der Waals surface area contributed by atoms with Crippen molar-refractivity contribution in [3.8, 4) is 0 Å². The molecule has 0 radical (unpaired) electrons. The van der Waals surface area contributed by atoms with Gasteiger partial charge in [-0.25, -0.2) is 0 Å². The summed E-state index contributed by atoms with van der Waals surface area (Å²) in [5.74, 6) is 0. The zero-order valence-corrected chi connectivity index (χ0v) is 12.3. The van der Waals surface area contributed by atoms with E-state index < -0.39 is 11.7 Å². The van der Waals surface area contributed by atoms with E-state index >= 15 is 0 Å². The van der Waals surface area contributed by atoms with Crippen molar-refractivity contribution in [1.82, 2.24) is 5.32 Å². The van der Waals surface area contributed by atoms with Gasteiger partial charge in [-0.3, -0.25) is 0 Å². The average molecular weight is 302 g/mol. The van der Waals surface area contributed by atoms with Crippen molar-refractivity contribution in [1.29, 1.82) is 0 Å². The summed E-state index contributed by atoms with van der Waals surface area (Å²) in [5, 5.41) is 2.88. The van der Waals surface area contributed by atoms with Crippen LogP contribution in [0.15, 0.2) is 18.2 Å². The lowest BCUT2D eigenvalue weighted by Crippen LogP contribution is -2.31. The molecule has 0 unspecified atom stereocenters. The summed E-state index contributed by atoms with van der Waals surface area (Å²) in [6.07, 6.45) is -2.46. The summed E-state index contributed by atoms with van der Waals surface area (Å²) in [6, 6.07) is 4.79. The van der Waals surface area contributed by atoms with Gasteiger partial charge in [-0.15, -0.1) is 0 Å². The second-order valence-corrected chi connectivity index (χ2v) is 5.30. The first-order chi connectivity index (χ1) is 9.97. The summed E-state index contributed by atoms with van der Waals surface area (Å²) in [4.78, 5) is 1.83. The lowest BCUT2D eigenvalue weighted by atomic mass is 10.1. The average Bonchev–Trinajstić information content (AvgIpc) is 3.24. The molecule has 0 bridgehead atoms. The van der Waals surface area contributed by atoms with Crippen LogP contribution in [0.1, 0.15) is 24.0 Å². The molecule has 1 fully saturated rings. The van der Waals surface area contributed by atoms with Gasteiger partial charge in [-0.2, -0.15) is 13.2 Å². The lowest BCUT2D eigenvalue weighted by molar-refractivity contribution is -0.137. The molecule has 1 aliphatic carbocycles. The number of benzene rings is 1. The normalized spacial score (nSPS) is 15.3. The van der Waals surface area contributed by atoms with Crippen LogP contribution in [-0.4, -0.2) is 33.4 Å². The van der Waals surface area contributed by atoms with Crippen molar-refractivity contribution in [3.05, 3.63) is 29.3 Å². The minimum absolute atomic E-state index is 0.205. The first-order valence-electron chi connectivity index (χ1n) is 7.07. The molecular formula is C15H21F3N2O. The predicted molar refractivity (Wildman–Crippen MR) is 76.5 cm³/mol. The molecule has 0 heterocycles. The van der Waals surface area contributed by atoms with Gasteiger partial charge in [0.1, 0.15) is 0 Å². The summed E-state index contributed by atoms with van der Waals surface area (Å²) < 4.78 is 45.1. The Morgan fingerprint density at radius 2 is 2.05 bits per heavy atom. The van der Waals surface area contributed by atoms with E-state index in [1.807, 2.05) is 4.90 Å². The number of anilines is 1. The Balaban J connectivity index is 2.35. The fourth-order valence-electron chi connectivity index (χ4n) is 2.45. The minimum atomic E-state index is -4.35. The Morgan fingerprint density at radius 3 is 2.57 bits per heavy atom. The SMILES string of the molecule is CNCc1ccc(N(CCOC)C2CC2)c(C(F)(F)F)c1. The van der Waals surface area contributed by atoms with Crippen LogP contribution in [0.4, 0.5) is 18.9 Å². The van der Waals surface area contributed by atoms with Crippen molar-refractivity contribution in [3.63, 3.8) is 0 Å². The Kier molecular flexibility index (Phi) is 5.11. The number of hydrogen-bond donors (Lipinski definition) is 1. The molecule has 0 aromatic heterocycles. The molecule has 6 heteroatoms. The smallest absolute Gasteiger partial charge is 0.383 e. The molecule has 0 aliphatic heterocycles. The van der Waals surface area contributed by atoms with Crippen LogP contribution in [0.5, 0.6) is 0 Å². The molecule has 21 heavy (non-hydrogen) atoms. The highest BCUT2D eigenvalue weighted by Crippen LogP contribution is 2.41. The molecule has 0 amide bonds. The number of nitrogens with one attached hydrogen (secondary N) is 1. The van der Waals surface area contributed by atoms with Crippen molar-refractivity contribution >= 4 is 5.69 Å². The summed E-state index contributed by atoms with van der Waals surface area (Å²) in [6.45, 7) is 1.33. The van der Waals surface area contributed by atoms with Gasteiger partial charge in [0.05, 0.1) is 12.2 Å². The number of methoxy groups -OCH3 is 1. The van der Waals surface area contributed by atoms with Crippen LogP contribution in [0.3, 0.4) is 0 Å². The predicted octanol–water partition coefficient (Wildman–Crippen LogP) is 3.04. The van der Waals surface area contributed by atoms with Gasteiger partial charge in [0.15, 0.2) is 0 Å². The molecule has 0 saturated heterocycles. The third kappa shape index (κ3) is 4.11. The van der Waals surface area contributed by atoms with Gasteiger partial charge in [-0.1, -0.05) is 6.07 Å². The van der Waals surface area contributed by atoms with Crippen LogP contribution >= 0.6 is 0 Å². The molecule has 1 aromatic rings. The first kappa shape index (κ1) is 16.1. The summed E-state index contributed by atoms with van der Waals surface area (Å²) >= 11 is 0. The molecule has 118 valence electrons. The zero-order valence-electron chi connectivity index (χ0n) is 12.3. The van der Waals surface area contributed by atoms with Crippen LogP contribution in [0.25, 0.3) is 0 Å². The fraction of sp³-hybridized carbons (Fsp3) is 0.600. The number of ether oxygens (including phenoxy) is 1. The second kappa shape index (κ2) is 6.66. The molecule has 0 atom stereocenters. The quantitative estimate of drug-likeness (QED) is 0.838. The Hall–Kier alpha value is -1.27. The standard InChI is InChI=1S/C15H21F3N2O/c1-19-10-11-3-6-14(13(9-11)15(16,17)18)20(7-8-21-2)12-4-5-12/h3,6,9,12,19H,4-5,7-8,10H2,1-2H3. The van der Waals surface area contributed by atoms with E-state index in [4.69, 9.17) is 4.74 Å². The molecular weight excluding hydrogens is 281 g/mol. The van der Waals surface area contributed by atoms with E-state index in [-0.39, 0.29) is 11.7 Å². The summed E-state index contributed by atoms with van der Waals surface area (Å²) in [5.41, 5.74) is 0.344. The van der Waals surface area contributed by atoms with Gasteiger partial charge in [0, 0.05) is 31.9 Å². The van der Waals surface area contributed by atoms with Crippen molar-refractivity contribution in [2.75, 3.05) is 32.2 Å². The van der Waals surface area contributed by atoms with E-state index in [2.05, 4.69) is 5.32 Å². The van der Waals surface area contributed by atoms with Gasteiger partial charge < -0.3 is 15.0 Å². The number of nitrogens with zero attached hydrogens (tertiary/aromatic N) is 1. The van der Waals surface area contributed by atoms with Crippen LogP contribution < -0.4 is 10.2 Å². The van der Waals surface area contributed by atoms with Crippen molar-refractivity contribution in [2.45, 2.75) is 31.6 Å². The van der Waals surface area contributed by atoms with Crippen LogP contribution in [0, 0.1) is 0 Å². The number of hydrogen-bond acceptors (Lipinski definition) is 3. The second-order valence-electron chi connectivity index (χ2n) is 5.30. The molecule has 1 N–H and O–H groups in total. The number of halogens is 3. The molecule has 3 nitrogen and oxygen atoms in total. The maximum atomic E-state index is 13.4. The number of rotatable bonds is 7. The Morgan fingerprint density at radius 1 is 1.33 bits per heavy atom. The molecule has 1 saturated carbocycles. The highest BCUT2D eigenvalue weighted by atomic mass is 19.4. The highest BCUT2D eigenvalue weighted by Gasteiger charge is 2.38. The zero-order chi connectivity index (χ0) is 15.5. The lowest BCUT2D eigenvalue weighted by Gasteiger charge is -2.28. The molecule has 1 aliphatic rings. The summed E-state index contributed by atoms with van der Waals surface area (Å²) in [7, 11) is 3.28. The maximum absolute atomic E-state index is 13.4. The highest BCUT2D eigenvalue weighted by molar-refractivity contribution is 5.58. The van der Waals surface area contributed by atoms with Crippen LogP contribution in [0.2, 0.25) is 0 Å². The third-order valence-corrected chi connectivity index (χ3v) is 3.58. The number of alkyl halides is 3. The minimum Gasteiger partial charge on any atom is -0.383 e. The van der Waals surface area contributed by atoms with Gasteiger partial charge >= 0.3 is 6.18 Å². The van der Waals surface area contributed by atoms with E-state index in [9.17, 15) is 13.2 Å². The first-order valence-corrected chi connectivity index (χ1v) is 7.07. The third-order valence-electron chi connectivity index (χ3n) is 3.58. The van der Waals surface area contributed by atoms with E-state index in [0.29, 0.717) is 25.3 Å². The largest absolute Gasteiger partial charge is 0.418 e.